The second-order valence-electron chi connectivity index (χ2n) is 3.46. The number of rotatable bonds is 2. The van der Waals surface area contributed by atoms with Gasteiger partial charge in [-0.25, -0.2) is 0 Å². The number of carboxylic acids is 1. The third kappa shape index (κ3) is 1.67. The van der Waals surface area contributed by atoms with E-state index in [1.165, 1.54) is 0 Å². The average Bonchev–Trinajstić information content (AvgIpc) is 2.85. The molecule has 2 rings (SSSR count). The van der Waals surface area contributed by atoms with Crippen molar-refractivity contribution in [2.24, 2.45) is 0 Å². The van der Waals surface area contributed by atoms with E-state index in [1.807, 2.05) is 0 Å². The maximum Gasteiger partial charge on any atom is 1.00 e. The summed E-state index contributed by atoms with van der Waals surface area (Å²) < 4.78 is 0. The zero-order valence-corrected chi connectivity index (χ0v) is 10.1. The zero-order chi connectivity index (χ0) is 9.47. The number of hydrogen-bond acceptors (Lipinski definition) is 3. The molecular formula is C10H10NNaO2. The normalized spacial score (nSPS) is 16.9. The topological polar surface area (TPSA) is 66.2 Å². The Morgan fingerprint density at radius 2 is 1.93 bits per heavy atom. The molecule has 0 amide bonds. The molecule has 0 aromatic heterocycles. The van der Waals surface area contributed by atoms with Crippen LogP contribution < -0.4 is 40.4 Å². The van der Waals surface area contributed by atoms with E-state index in [1.54, 1.807) is 24.3 Å². The second kappa shape index (κ2) is 3.93. The molecule has 1 fully saturated rings. The van der Waals surface area contributed by atoms with Crippen LogP contribution in [-0.4, -0.2) is 5.97 Å². The van der Waals surface area contributed by atoms with Crippen molar-refractivity contribution in [2.75, 3.05) is 5.73 Å². The van der Waals surface area contributed by atoms with Crippen LogP contribution in [0, 0.1) is 0 Å². The van der Waals surface area contributed by atoms with Crippen molar-refractivity contribution in [2.45, 2.75) is 18.3 Å². The van der Waals surface area contributed by atoms with E-state index in [0.29, 0.717) is 24.1 Å². The summed E-state index contributed by atoms with van der Waals surface area (Å²) >= 11 is 0. The molecule has 0 unspecified atom stereocenters. The van der Waals surface area contributed by atoms with Crippen LogP contribution in [-0.2, 0) is 10.2 Å². The largest absolute Gasteiger partial charge is 1.00 e. The number of carbonyl (C=O) groups excluding carboxylic acids is 1. The molecule has 3 nitrogen and oxygen atoms in total. The van der Waals surface area contributed by atoms with Crippen LogP contribution >= 0.6 is 0 Å². The Bertz CT molecular complexity index is 361. The van der Waals surface area contributed by atoms with Crippen molar-refractivity contribution in [3.63, 3.8) is 0 Å². The van der Waals surface area contributed by atoms with Gasteiger partial charge in [-0.2, -0.15) is 0 Å². The van der Waals surface area contributed by atoms with Crippen molar-refractivity contribution >= 4 is 11.7 Å². The van der Waals surface area contributed by atoms with E-state index in [4.69, 9.17) is 5.73 Å². The molecule has 0 saturated heterocycles. The molecule has 1 aliphatic carbocycles. The van der Waals surface area contributed by atoms with Gasteiger partial charge >= 0.3 is 29.6 Å². The van der Waals surface area contributed by atoms with E-state index in [0.717, 1.165) is 0 Å². The summed E-state index contributed by atoms with van der Waals surface area (Å²) in [4.78, 5) is 10.9. The van der Waals surface area contributed by atoms with Crippen molar-refractivity contribution in [1.29, 1.82) is 0 Å². The van der Waals surface area contributed by atoms with E-state index in [-0.39, 0.29) is 29.6 Å². The first-order valence-corrected chi connectivity index (χ1v) is 4.23. The Morgan fingerprint density at radius 1 is 1.36 bits per heavy atom. The second-order valence-corrected chi connectivity index (χ2v) is 3.46. The van der Waals surface area contributed by atoms with Gasteiger partial charge in [0.2, 0.25) is 0 Å². The molecule has 0 bridgehead atoms. The standard InChI is InChI=1S/C10H11NO2.Na/c11-8-4-2-1-3-7(8)10(5-6-10)9(12)13;/h1-4H,5-6,11H2,(H,12,13);/q;+1/p-1. The van der Waals surface area contributed by atoms with Gasteiger partial charge in [0.15, 0.2) is 0 Å². The third-order valence-corrected chi connectivity index (χ3v) is 2.62. The summed E-state index contributed by atoms with van der Waals surface area (Å²) in [5.41, 5.74) is 6.16. The average molecular weight is 199 g/mol. The Labute approximate surface area is 105 Å². The molecule has 14 heavy (non-hydrogen) atoms. The fourth-order valence-corrected chi connectivity index (χ4v) is 1.64. The number of carbonyl (C=O) groups is 1. The smallest absolute Gasteiger partial charge is 0.549 e. The van der Waals surface area contributed by atoms with Crippen LogP contribution in [0.4, 0.5) is 5.69 Å². The van der Waals surface area contributed by atoms with Crippen LogP contribution in [0.2, 0.25) is 0 Å². The van der Waals surface area contributed by atoms with Gasteiger partial charge in [0.05, 0.1) is 5.97 Å². The number of benzene rings is 1. The number of hydrogen-bond donors (Lipinski definition) is 1. The number of carboxylic acid groups (broad SMARTS) is 1. The van der Waals surface area contributed by atoms with E-state index >= 15 is 0 Å². The maximum atomic E-state index is 10.9. The van der Waals surface area contributed by atoms with Crippen molar-refractivity contribution < 1.29 is 39.5 Å². The van der Waals surface area contributed by atoms with Crippen molar-refractivity contribution in [1.82, 2.24) is 0 Å². The van der Waals surface area contributed by atoms with E-state index in [9.17, 15) is 9.90 Å². The Kier molecular flexibility index (Phi) is 3.24. The Hall–Kier alpha value is -0.510. The zero-order valence-electron chi connectivity index (χ0n) is 8.12. The Balaban J connectivity index is 0.000000980. The number of nitrogen functional groups attached to an aromatic ring is 1. The van der Waals surface area contributed by atoms with Gasteiger partial charge in [0, 0.05) is 11.1 Å². The summed E-state index contributed by atoms with van der Waals surface area (Å²) in [6.45, 7) is 0. The quantitative estimate of drug-likeness (QED) is 0.409. The van der Waals surface area contributed by atoms with Crippen molar-refractivity contribution in [3.8, 4) is 0 Å². The minimum atomic E-state index is -1.01. The van der Waals surface area contributed by atoms with Gasteiger partial charge in [-0.3, -0.25) is 0 Å². The molecule has 0 heterocycles. The van der Waals surface area contributed by atoms with Crippen LogP contribution in [0.5, 0.6) is 0 Å². The van der Waals surface area contributed by atoms with Gasteiger partial charge in [0.25, 0.3) is 0 Å². The van der Waals surface area contributed by atoms with Gasteiger partial charge in [-0.05, 0) is 24.5 Å². The van der Waals surface area contributed by atoms with Gasteiger partial charge in [-0.1, -0.05) is 18.2 Å². The predicted octanol–water partition coefficient (Wildman–Crippen LogP) is -2.95. The number of anilines is 1. The van der Waals surface area contributed by atoms with Crippen LogP contribution in [0.3, 0.4) is 0 Å². The monoisotopic (exact) mass is 199 g/mol. The van der Waals surface area contributed by atoms with Crippen LogP contribution in [0.25, 0.3) is 0 Å². The molecular weight excluding hydrogens is 189 g/mol. The number of aliphatic carboxylic acids is 1. The third-order valence-electron chi connectivity index (χ3n) is 2.62. The summed E-state index contributed by atoms with van der Waals surface area (Å²) in [5.74, 6) is -1.01. The molecule has 1 aromatic carbocycles. The summed E-state index contributed by atoms with van der Waals surface area (Å²) in [7, 11) is 0. The number of para-hydroxylation sites is 1. The fourth-order valence-electron chi connectivity index (χ4n) is 1.64. The minimum Gasteiger partial charge on any atom is -0.549 e. The molecule has 0 spiro atoms. The first kappa shape index (κ1) is 11.6. The van der Waals surface area contributed by atoms with E-state index in [2.05, 4.69) is 0 Å². The molecule has 4 heteroatoms. The maximum absolute atomic E-state index is 10.9. The summed E-state index contributed by atoms with van der Waals surface area (Å²) in [5, 5.41) is 10.9. The molecule has 1 saturated carbocycles. The molecule has 0 radical (unpaired) electrons. The SMILES string of the molecule is Nc1ccccc1C1(C(=O)[O-])CC1.[Na+]. The minimum absolute atomic E-state index is 0. The summed E-state index contributed by atoms with van der Waals surface area (Å²) in [6, 6.07) is 7.08. The fraction of sp³-hybridized carbons (Fsp3) is 0.300. The van der Waals surface area contributed by atoms with Gasteiger partial charge < -0.3 is 15.6 Å². The van der Waals surface area contributed by atoms with Gasteiger partial charge in [-0.15, -0.1) is 0 Å². The van der Waals surface area contributed by atoms with Crippen LogP contribution in [0.15, 0.2) is 24.3 Å². The van der Waals surface area contributed by atoms with Crippen LogP contribution in [0.1, 0.15) is 18.4 Å². The molecule has 1 aliphatic rings. The number of nitrogens with two attached hydrogens (primary N) is 1. The molecule has 2 N–H and O–H groups in total. The predicted molar refractivity (Wildman–Crippen MR) is 46.8 cm³/mol. The molecule has 0 aliphatic heterocycles. The van der Waals surface area contributed by atoms with Crippen molar-refractivity contribution in [3.05, 3.63) is 29.8 Å². The van der Waals surface area contributed by atoms with Gasteiger partial charge in [0.1, 0.15) is 0 Å². The van der Waals surface area contributed by atoms with E-state index < -0.39 is 11.4 Å². The first-order valence-electron chi connectivity index (χ1n) is 4.23. The molecule has 1 aromatic rings. The molecule has 68 valence electrons. The summed E-state index contributed by atoms with van der Waals surface area (Å²) in [6.07, 6.45) is 1.28. The Morgan fingerprint density at radius 3 is 2.36 bits per heavy atom. The molecule has 0 atom stereocenters. The first-order chi connectivity index (χ1) is 6.17.